The maximum absolute atomic E-state index is 15.1. The first-order chi connectivity index (χ1) is 19.4. The average Bonchev–Trinajstić information content (AvgIpc) is 3.60. The number of nitrogens with one attached hydrogen (secondary N) is 2. The number of halogens is 1. The molecule has 0 unspecified atom stereocenters. The molecule has 2 aliphatic heterocycles. The number of carbonyl (C=O) groups excluding carboxylic acids is 2. The molecule has 0 aliphatic carbocycles. The van der Waals surface area contributed by atoms with E-state index >= 15 is 4.39 Å². The molecule has 5 rings (SSSR count). The third kappa shape index (κ3) is 6.38. The normalized spacial score (nSPS) is 17.0. The van der Waals surface area contributed by atoms with E-state index in [4.69, 9.17) is 9.25 Å². The molecule has 4 heterocycles. The van der Waals surface area contributed by atoms with Crippen LogP contribution < -0.4 is 10.6 Å². The summed E-state index contributed by atoms with van der Waals surface area (Å²) in [5.74, 6) is 0.0403. The number of oxazole rings is 1. The molecule has 0 saturated carbocycles. The van der Waals surface area contributed by atoms with Crippen LogP contribution in [-0.2, 0) is 14.4 Å². The van der Waals surface area contributed by atoms with Crippen LogP contribution in [0.25, 0.3) is 22.2 Å². The van der Waals surface area contributed by atoms with Crippen LogP contribution in [0.15, 0.2) is 40.0 Å². The minimum Gasteiger partial charge on any atom is -0.438 e. The Morgan fingerprint density at radius 3 is 2.80 bits per heavy atom. The second-order valence-electron chi connectivity index (χ2n) is 10.8. The third-order valence-corrected chi connectivity index (χ3v) is 7.77. The molecule has 1 amide bonds. The predicted molar refractivity (Wildman–Crippen MR) is 149 cm³/mol. The number of hydrogen-bond donors (Lipinski definition) is 2. The van der Waals surface area contributed by atoms with Gasteiger partial charge in [0.25, 0.3) is 5.91 Å². The highest BCUT2D eigenvalue weighted by atomic mass is 19.1. The Hall–Kier alpha value is -3.66. The SMILES string of the molecule is CCC(=O)CCCCC[C@H](NC(=O)C1=NOC2(CCNCC2)C1)c1ncc(-c2cc3ccc(C)nc3cc2F)o1. The van der Waals surface area contributed by atoms with Crippen molar-refractivity contribution in [2.24, 2.45) is 5.16 Å². The van der Waals surface area contributed by atoms with Crippen LogP contribution in [0.1, 0.15) is 82.3 Å². The maximum atomic E-state index is 15.1. The molecule has 1 saturated heterocycles. The minimum atomic E-state index is -0.539. The molecule has 0 radical (unpaired) electrons. The van der Waals surface area contributed by atoms with Crippen molar-refractivity contribution in [3.63, 3.8) is 0 Å². The van der Waals surface area contributed by atoms with E-state index in [1.807, 2.05) is 26.0 Å². The van der Waals surface area contributed by atoms with E-state index in [0.717, 1.165) is 56.3 Å². The largest absolute Gasteiger partial charge is 0.438 e. The average molecular weight is 550 g/mol. The van der Waals surface area contributed by atoms with E-state index in [9.17, 15) is 9.59 Å². The van der Waals surface area contributed by atoms with Crippen LogP contribution >= 0.6 is 0 Å². The number of aryl methyl sites for hydroxylation is 1. The van der Waals surface area contributed by atoms with Crippen molar-refractivity contribution in [1.82, 2.24) is 20.6 Å². The number of benzene rings is 1. The summed E-state index contributed by atoms with van der Waals surface area (Å²) >= 11 is 0. The molecule has 3 aromatic rings. The molecule has 1 aromatic carbocycles. The summed E-state index contributed by atoms with van der Waals surface area (Å²) < 4.78 is 21.1. The lowest BCUT2D eigenvalue weighted by Gasteiger charge is -2.30. The van der Waals surface area contributed by atoms with Gasteiger partial charge in [-0.1, -0.05) is 31.0 Å². The monoisotopic (exact) mass is 549 g/mol. The summed E-state index contributed by atoms with van der Waals surface area (Å²) in [6, 6.07) is 6.32. The molecule has 2 N–H and O–H groups in total. The number of hydrogen-bond acceptors (Lipinski definition) is 8. The Morgan fingerprint density at radius 1 is 1.18 bits per heavy atom. The first-order valence-corrected chi connectivity index (χ1v) is 14.2. The molecule has 40 heavy (non-hydrogen) atoms. The van der Waals surface area contributed by atoms with Gasteiger partial charge in [0.1, 0.15) is 29.0 Å². The Morgan fingerprint density at radius 2 is 2.00 bits per heavy atom. The zero-order valence-corrected chi connectivity index (χ0v) is 23.1. The van der Waals surface area contributed by atoms with E-state index in [1.54, 1.807) is 6.07 Å². The summed E-state index contributed by atoms with van der Waals surface area (Å²) in [6.45, 7) is 5.38. The minimum absolute atomic E-state index is 0.246. The number of fused-ring (bicyclic) bond motifs is 1. The van der Waals surface area contributed by atoms with Gasteiger partial charge < -0.3 is 19.9 Å². The highest BCUT2D eigenvalue weighted by Gasteiger charge is 2.42. The zero-order valence-electron chi connectivity index (χ0n) is 23.1. The van der Waals surface area contributed by atoms with Gasteiger partial charge in [0, 0.05) is 49.3 Å². The van der Waals surface area contributed by atoms with Crippen LogP contribution in [0.2, 0.25) is 0 Å². The van der Waals surface area contributed by atoms with Crippen molar-refractivity contribution in [3.8, 4) is 11.3 Å². The van der Waals surface area contributed by atoms with Gasteiger partial charge in [0.2, 0.25) is 5.89 Å². The van der Waals surface area contributed by atoms with Crippen molar-refractivity contribution < 1.29 is 23.2 Å². The maximum Gasteiger partial charge on any atom is 0.269 e. The summed E-state index contributed by atoms with van der Waals surface area (Å²) in [4.78, 5) is 39.5. The Labute approximate surface area is 233 Å². The second kappa shape index (κ2) is 12.2. The lowest BCUT2D eigenvalue weighted by atomic mass is 9.87. The van der Waals surface area contributed by atoms with E-state index in [2.05, 4.69) is 25.8 Å². The Balaban J connectivity index is 1.32. The molecule has 212 valence electrons. The van der Waals surface area contributed by atoms with Crippen LogP contribution in [-0.4, -0.2) is 46.1 Å². The standard InChI is InChI=1S/C30H36FN5O4/c1-3-21(37)7-5-4-6-8-24(35-28(38)26-17-30(40-36-26)11-13-32-14-12-30)29-33-18-27(39-29)22-15-20-10-9-19(2)34-25(20)16-23(22)31/h9-10,15-16,18,24,32H,3-8,11-14,17H2,1-2H3,(H,35,38)/t24-/m0/s1. The molecule has 10 heteroatoms. The number of carbonyl (C=O) groups is 2. The van der Waals surface area contributed by atoms with E-state index in [-0.39, 0.29) is 23.0 Å². The fourth-order valence-corrected chi connectivity index (χ4v) is 5.33. The summed E-state index contributed by atoms with van der Waals surface area (Å²) in [5.41, 5.74) is 1.59. The van der Waals surface area contributed by atoms with Gasteiger partial charge in [-0.25, -0.2) is 9.37 Å². The van der Waals surface area contributed by atoms with Crippen LogP contribution in [0, 0.1) is 12.7 Å². The fourth-order valence-electron chi connectivity index (χ4n) is 5.33. The molecule has 9 nitrogen and oxygen atoms in total. The Bertz CT molecular complexity index is 1410. The quantitative estimate of drug-likeness (QED) is 0.311. The molecule has 1 atom stereocenters. The smallest absolute Gasteiger partial charge is 0.269 e. The van der Waals surface area contributed by atoms with E-state index < -0.39 is 17.5 Å². The number of Topliss-reactive ketones (excluding diaryl/α,β-unsaturated/α-hetero) is 1. The van der Waals surface area contributed by atoms with E-state index in [0.29, 0.717) is 42.8 Å². The first-order valence-electron chi connectivity index (χ1n) is 14.2. The zero-order chi connectivity index (χ0) is 28.1. The number of oxime groups is 1. The topological polar surface area (TPSA) is 119 Å². The summed E-state index contributed by atoms with van der Waals surface area (Å²) in [7, 11) is 0. The molecule has 2 aromatic heterocycles. The lowest BCUT2D eigenvalue weighted by Crippen LogP contribution is -2.43. The van der Waals surface area contributed by atoms with Crippen LogP contribution in [0.4, 0.5) is 4.39 Å². The van der Waals surface area contributed by atoms with Gasteiger partial charge in [0.15, 0.2) is 5.76 Å². The molecule has 2 aliphatic rings. The Kier molecular flexibility index (Phi) is 8.54. The number of ketones is 1. The molecular weight excluding hydrogens is 513 g/mol. The lowest BCUT2D eigenvalue weighted by molar-refractivity contribution is -0.119. The third-order valence-electron chi connectivity index (χ3n) is 7.77. The van der Waals surface area contributed by atoms with Gasteiger partial charge >= 0.3 is 0 Å². The molecule has 0 bridgehead atoms. The highest BCUT2D eigenvalue weighted by Crippen LogP contribution is 2.34. The number of unbranched alkanes of at least 4 members (excludes halogenated alkanes) is 2. The van der Waals surface area contributed by atoms with Crippen molar-refractivity contribution in [3.05, 3.63) is 47.9 Å². The summed E-state index contributed by atoms with van der Waals surface area (Å²) in [5, 5.41) is 11.3. The van der Waals surface area contributed by atoms with Crippen molar-refractivity contribution in [2.75, 3.05) is 13.1 Å². The van der Waals surface area contributed by atoms with Gasteiger partial charge in [0.05, 0.1) is 17.3 Å². The number of aromatic nitrogens is 2. The van der Waals surface area contributed by atoms with Gasteiger partial charge in [-0.15, -0.1) is 0 Å². The van der Waals surface area contributed by atoms with Gasteiger partial charge in [-0.3, -0.25) is 14.6 Å². The van der Waals surface area contributed by atoms with Crippen LogP contribution in [0.3, 0.4) is 0 Å². The first kappa shape index (κ1) is 27.9. The van der Waals surface area contributed by atoms with Crippen molar-refractivity contribution >= 4 is 28.3 Å². The number of pyridine rings is 1. The van der Waals surface area contributed by atoms with E-state index in [1.165, 1.54) is 12.3 Å². The van der Waals surface area contributed by atoms with Gasteiger partial charge in [-0.2, -0.15) is 0 Å². The van der Waals surface area contributed by atoms with Crippen molar-refractivity contribution in [1.29, 1.82) is 0 Å². The fraction of sp³-hybridized carbons (Fsp3) is 0.500. The number of piperidine rings is 1. The number of nitrogens with zero attached hydrogens (tertiary/aromatic N) is 3. The molecule has 1 fully saturated rings. The molecule has 1 spiro atoms. The second-order valence-corrected chi connectivity index (χ2v) is 10.8. The van der Waals surface area contributed by atoms with Gasteiger partial charge in [-0.05, 0) is 45.0 Å². The number of rotatable bonds is 11. The highest BCUT2D eigenvalue weighted by molar-refractivity contribution is 6.39. The summed E-state index contributed by atoms with van der Waals surface area (Å²) in [6.07, 6.45) is 7.56. The van der Waals surface area contributed by atoms with Crippen molar-refractivity contribution in [2.45, 2.75) is 83.3 Å². The van der Waals surface area contributed by atoms with Crippen LogP contribution in [0.5, 0.6) is 0 Å². The number of amides is 1. The molecular formula is C30H36FN5O4. The predicted octanol–water partition coefficient (Wildman–Crippen LogP) is 5.32.